The van der Waals surface area contributed by atoms with E-state index in [2.05, 4.69) is 0 Å². The smallest absolute Gasteiger partial charge is 0.307 e. The number of thiazole rings is 1. The molecule has 1 aromatic carbocycles. The number of carbonyl (C=O) groups is 1. The molecule has 1 amide bonds. The molecule has 1 fully saturated rings. The fraction of sp³-hybridized carbons (Fsp3) is 0.500. The Morgan fingerprint density at radius 2 is 1.82 bits per heavy atom. The normalized spacial score (nSPS) is 14.7. The van der Waals surface area contributed by atoms with Crippen LogP contribution in [0.5, 0.6) is 0 Å². The SMILES string of the molecule is CCN(CC)S(=O)(=O)c1ccc(N2CCN(C(=O)Cn3c(C)csc3=O)CC2)c([N+](=O)[O-])c1. The van der Waals surface area contributed by atoms with E-state index >= 15 is 0 Å². The van der Waals surface area contributed by atoms with Crippen LogP contribution in [0.4, 0.5) is 11.4 Å². The van der Waals surface area contributed by atoms with Gasteiger partial charge in [0.15, 0.2) is 0 Å². The van der Waals surface area contributed by atoms with Gasteiger partial charge in [0.2, 0.25) is 15.9 Å². The summed E-state index contributed by atoms with van der Waals surface area (Å²) in [6.45, 7) is 7.07. The highest BCUT2D eigenvalue weighted by molar-refractivity contribution is 7.89. The number of nitro groups is 1. The summed E-state index contributed by atoms with van der Waals surface area (Å²) in [5.74, 6) is -0.187. The van der Waals surface area contributed by atoms with E-state index in [1.165, 1.54) is 21.0 Å². The van der Waals surface area contributed by atoms with Gasteiger partial charge in [-0.3, -0.25) is 24.3 Å². The maximum absolute atomic E-state index is 12.8. The molecule has 0 spiro atoms. The molecule has 1 aliphatic heterocycles. The third-order valence-corrected chi connectivity index (χ3v) is 8.66. The molecule has 0 aliphatic carbocycles. The van der Waals surface area contributed by atoms with Crippen LogP contribution in [0.3, 0.4) is 0 Å². The van der Waals surface area contributed by atoms with E-state index in [1.54, 1.807) is 36.0 Å². The number of carbonyl (C=O) groups excluding carboxylic acids is 1. The molecule has 33 heavy (non-hydrogen) atoms. The summed E-state index contributed by atoms with van der Waals surface area (Å²) in [7, 11) is -3.83. The fourth-order valence-electron chi connectivity index (χ4n) is 3.82. The Labute approximate surface area is 196 Å². The van der Waals surface area contributed by atoms with Crippen molar-refractivity contribution >= 4 is 38.6 Å². The lowest BCUT2D eigenvalue weighted by atomic mass is 10.2. The number of rotatable bonds is 8. The zero-order valence-corrected chi connectivity index (χ0v) is 20.4. The molecule has 2 heterocycles. The van der Waals surface area contributed by atoms with Crippen molar-refractivity contribution in [3.8, 4) is 0 Å². The van der Waals surface area contributed by atoms with Crippen LogP contribution in [0.15, 0.2) is 33.3 Å². The lowest BCUT2D eigenvalue weighted by molar-refractivity contribution is -0.384. The van der Waals surface area contributed by atoms with E-state index in [4.69, 9.17) is 0 Å². The molecule has 1 aromatic heterocycles. The van der Waals surface area contributed by atoms with Crippen LogP contribution in [-0.2, 0) is 21.4 Å². The van der Waals surface area contributed by atoms with Crippen molar-refractivity contribution in [2.75, 3.05) is 44.2 Å². The maximum Gasteiger partial charge on any atom is 0.307 e. The van der Waals surface area contributed by atoms with Crippen LogP contribution in [0, 0.1) is 17.0 Å². The van der Waals surface area contributed by atoms with E-state index in [0.29, 0.717) is 31.9 Å². The molecule has 1 aliphatic rings. The Morgan fingerprint density at radius 3 is 2.33 bits per heavy atom. The van der Waals surface area contributed by atoms with Crippen molar-refractivity contribution in [3.05, 3.63) is 49.1 Å². The summed E-state index contributed by atoms with van der Waals surface area (Å²) in [6.07, 6.45) is 0. The Balaban J connectivity index is 1.76. The summed E-state index contributed by atoms with van der Waals surface area (Å²) in [5, 5.41) is 13.4. The molecule has 13 heteroatoms. The minimum atomic E-state index is -3.83. The number of piperazine rings is 1. The van der Waals surface area contributed by atoms with Gasteiger partial charge in [-0.2, -0.15) is 4.31 Å². The molecule has 0 saturated carbocycles. The zero-order valence-electron chi connectivity index (χ0n) is 18.8. The number of hydrogen-bond donors (Lipinski definition) is 0. The molecule has 1 saturated heterocycles. The van der Waals surface area contributed by atoms with E-state index < -0.39 is 14.9 Å². The van der Waals surface area contributed by atoms with Crippen molar-refractivity contribution in [2.24, 2.45) is 0 Å². The molecule has 3 rings (SSSR count). The number of aryl methyl sites for hydroxylation is 1. The highest BCUT2D eigenvalue weighted by Crippen LogP contribution is 2.32. The number of hydrogen-bond acceptors (Lipinski definition) is 8. The quantitative estimate of drug-likeness (QED) is 0.400. The van der Waals surface area contributed by atoms with Crippen molar-refractivity contribution in [1.82, 2.24) is 13.8 Å². The van der Waals surface area contributed by atoms with E-state index in [1.807, 2.05) is 0 Å². The van der Waals surface area contributed by atoms with Crippen molar-refractivity contribution in [2.45, 2.75) is 32.2 Å². The molecule has 180 valence electrons. The first-order chi connectivity index (χ1) is 15.6. The number of amides is 1. The maximum atomic E-state index is 12.8. The van der Waals surface area contributed by atoms with Gasteiger partial charge in [-0.15, -0.1) is 0 Å². The summed E-state index contributed by atoms with van der Waals surface area (Å²) in [5.41, 5.74) is 0.756. The van der Waals surface area contributed by atoms with Gasteiger partial charge in [0.25, 0.3) is 5.69 Å². The van der Waals surface area contributed by atoms with Gasteiger partial charge in [0.1, 0.15) is 12.2 Å². The average Bonchev–Trinajstić information content (AvgIpc) is 3.11. The van der Waals surface area contributed by atoms with Crippen LogP contribution in [0.2, 0.25) is 0 Å². The molecule has 0 radical (unpaired) electrons. The second-order valence-corrected chi connectivity index (χ2v) is 10.4. The lowest BCUT2D eigenvalue weighted by Gasteiger charge is -2.36. The molecule has 0 atom stereocenters. The molecule has 0 unspecified atom stereocenters. The largest absolute Gasteiger partial charge is 0.362 e. The van der Waals surface area contributed by atoms with Crippen LogP contribution < -0.4 is 9.77 Å². The van der Waals surface area contributed by atoms with Gasteiger partial charge in [0.05, 0.1) is 9.82 Å². The fourth-order valence-corrected chi connectivity index (χ4v) is 6.03. The highest BCUT2D eigenvalue weighted by atomic mass is 32.2. The Hall–Kier alpha value is -2.77. The number of anilines is 1. The van der Waals surface area contributed by atoms with Crippen molar-refractivity contribution in [1.29, 1.82) is 0 Å². The van der Waals surface area contributed by atoms with Crippen LogP contribution in [0.1, 0.15) is 19.5 Å². The van der Waals surface area contributed by atoms with E-state index in [9.17, 15) is 28.1 Å². The molecular weight excluding hydrogens is 470 g/mol. The van der Waals surface area contributed by atoms with Crippen LogP contribution in [-0.4, -0.2) is 72.3 Å². The summed E-state index contributed by atoms with van der Waals surface area (Å²) >= 11 is 1.05. The number of benzene rings is 1. The second-order valence-electron chi connectivity index (χ2n) is 7.59. The van der Waals surface area contributed by atoms with Gasteiger partial charge < -0.3 is 9.80 Å². The number of sulfonamides is 1. The van der Waals surface area contributed by atoms with Crippen LogP contribution >= 0.6 is 11.3 Å². The van der Waals surface area contributed by atoms with Gasteiger partial charge in [-0.25, -0.2) is 8.42 Å². The molecular formula is C20H27N5O6S2. The van der Waals surface area contributed by atoms with E-state index in [-0.39, 0.29) is 41.0 Å². The third kappa shape index (κ3) is 5.09. The van der Waals surface area contributed by atoms with Crippen molar-refractivity contribution < 1.29 is 18.1 Å². The van der Waals surface area contributed by atoms with Gasteiger partial charge in [-0.05, 0) is 19.1 Å². The summed E-state index contributed by atoms with van der Waals surface area (Å²) in [4.78, 5) is 38.8. The van der Waals surface area contributed by atoms with E-state index in [0.717, 1.165) is 23.1 Å². The zero-order chi connectivity index (χ0) is 24.3. The average molecular weight is 498 g/mol. The van der Waals surface area contributed by atoms with Gasteiger partial charge >= 0.3 is 4.87 Å². The topological polar surface area (TPSA) is 126 Å². The predicted octanol–water partition coefficient (Wildman–Crippen LogP) is 1.51. The first-order valence-corrected chi connectivity index (χ1v) is 12.9. The predicted molar refractivity (Wildman–Crippen MR) is 125 cm³/mol. The standard InChI is InChI=1S/C20H27N5O6S2/c1-4-23(5-2)33(30,31)16-6-7-17(18(12-16)25(28)29)21-8-10-22(11-9-21)19(26)13-24-15(3)14-32-20(24)27/h6-7,12,14H,4-5,8-11,13H2,1-3H3. The second kappa shape index (κ2) is 10.0. The number of aromatic nitrogens is 1. The Bertz CT molecular complexity index is 1190. The summed E-state index contributed by atoms with van der Waals surface area (Å²) < 4.78 is 28.2. The number of nitro benzene ring substituents is 1. The minimum absolute atomic E-state index is 0.0355. The Kier molecular flexibility index (Phi) is 7.55. The Morgan fingerprint density at radius 1 is 1.18 bits per heavy atom. The minimum Gasteiger partial charge on any atom is -0.362 e. The molecule has 0 bridgehead atoms. The molecule has 11 nitrogen and oxygen atoms in total. The monoisotopic (exact) mass is 497 g/mol. The first kappa shape index (κ1) is 24.9. The first-order valence-electron chi connectivity index (χ1n) is 10.6. The van der Waals surface area contributed by atoms with Gasteiger partial charge in [-0.1, -0.05) is 25.2 Å². The molecule has 2 aromatic rings. The lowest BCUT2D eigenvalue weighted by Crippen LogP contribution is -2.50. The van der Waals surface area contributed by atoms with Crippen molar-refractivity contribution in [3.63, 3.8) is 0 Å². The highest BCUT2D eigenvalue weighted by Gasteiger charge is 2.29. The van der Waals surface area contributed by atoms with Gasteiger partial charge in [0, 0.05) is 56.4 Å². The van der Waals surface area contributed by atoms with Crippen LogP contribution in [0.25, 0.3) is 0 Å². The summed E-state index contributed by atoms with van der Waals surface area (Å²) in [6, 6.07) is 3.95. The third-order valence-electron chi connectivity index (χ3n) is 5.73. The molecule has 0 N–H and O–H groups in total. The number of nitrogens with zero attached hydrogens (tertiary/aromatic N) is 5.